The number of anilines is 2. The first kappa shape index (κ1) is 20.9. The van der Waals surface area contributed by atoms with Gasteiger partial charge in [-0.3, -0.25) is 9.59 Å². The van der Waals surface area contributed by atoms with E-state index in [1.807, 2.05) is 19.1 Å². The largest absolute Gasteiger partial charge is 0.497 e. The third-order valence-electron chi connectivity index (χ3n) is 4.20. The van der Waals surface area contributed by atoms with Gasteiger partial charge >= 0.3 is 0 Å². The van der Waals surface area contributed by atoms with Gasteiger partial charge in [0.15, 0.2) is 13.1 Å². The number of hydrogen-bond donors (Lipinski definition) is 3. The Balaban J connectivity index is 1.85. The Morgan fingerprint density at radius 1 is 1.04 bits per heavy atom. The molecule has 0 spiro atoms. The van der Waals surface area contributed by atoms with Crippen molar-refractivity contribution in [2.24, 2.45) is 0 Å². The van der Waals surface area contributed by atoms with Crippen molar-refractivity contribution < 1.29 is 19.2 Å². The SMILES string of the molecule is CC[NH+](CC(=O)Nc1ccc(CC#N)cc1)CC(=O)Nc1cccc(OC)c1. The topological polar surface area (TPSA) is 95.7 Å². The molecule has 0 fully saturated rings. The summed E-state index contributed by atoms with van der Waals surface area (Å²) in [6, 6.07) is 16.4. The second kappa shape index (κ2) is 10.7. The first-order valence-electron chi connectivity index (χ1n) is 9.07. The zero-order valence-corrected chi connectivity index (χ0v) is 16.1. The molecule has 2 rings (SSSR count). The van der Waals surface area contributed by atoms with Crippen LogP contribution in [0.15, 0.2) is 48.5 Å². The van der Waals surface area contributed by atoms with Gasteiger partial charge in [0.2, 0.25) is 0 Å². The average molecular weight is 381 g/mol. The summed E-state index contributed by atoms with van der Waals surface area (Å²) in [6.07, 6.45) is 0.338. The lowest BCUT2D eigenvalue weighted by Gasteiger charge is -2.17. The molecule has 3 N–H and O–H groups in total. The smallest absolute Gasteiger partial charge is 0.279 e. The molecule has 28 heavy (non-hydrogen) atoms. The van der Waals surface area contributed by atoms with E-state index in [4.69, 9.17) is 10.00 Å². The van der Waals surface area contributed by atoms with Crippen molar-refractivity contribution in [2.75, 3.05) is 37.4 Å². The van der Waals surface area contributed by atoms with Crippen LogP contribution in [0.1, 0.15) is 12.5 Å². The Bertz CT molecular complexity index is 843. The number of likely N-dealkylation sites (N-methyl/N-ethyl adjacent to an activating group) is 1. The minimum Gasteiger partial charge on any atom is -0.497 e. The highest BCUT2D eigenvalue weighted by Crippen LogP contribution is 2.16. The number of rotatable bonds is 9. The second-order valence-electron chi connectivity index (χ2n) is 6.32. The maximum Gasteiger partial charge on any atom is 0.279 e. The standard InChI is InChI=1S/C21H24N4O3/c1-3-25(15-21(27)24-18-5-4-6-19(13-18)28-2)14-20(26)23-17-9-7-16(8-10-17)11-12-22/h4-10,13H,3,11,14-15H2,1-2H3,(H,23,26)(H,24,27)/p+1. The van der Waals surface area contributed by atoms with Gasteiger partial charge in [-0.25, -0.2) is 0 Å². The predicted octanol–water partition coefficient (Wildman–Crippen LogP) is 1.24. The van der Waals surface area contributed by atoms with Gasteiger partial charge < -0.3 is 20.3 Å². The quantitative estimate of drug-likeness (QED) is 0.609. The molecule has 0 aliphatic heterocycles. The van der Waals surface area contributed by atoms with Crippen LogP contribution >= 0.6 is 0 Å². The molecule has 7 heteroatoms. The molecule has 0 saturated carbocycles. The first-order chi connectivity index (χ1) is 13.5. The summed E-state index contributed by atoms with van der Waals surface area (Å²) in [5.41, 5.74) is 2.22. The number of nitriles is 1. The molecular weight excluding hydrogens is 356 g/mol. The Morgan fingerprint density at radius 3 is 2.25 bits per heavy atom. The van der Waals surface area contributed by atoms with Crippen molar-refractivity contribution in [3.63, 3.8) is 0 Å². The molecular formula is C21H25N4O3+. The molecule has 1 unspecified atom stereocenters. The maximum absolute atomic E-state index is 12.3. The van der Waals surface area contributed by atoms with Crippen LogP contribution in [0.3, 0.4) is 0 Å². The van der Waals surface area contributed by atoms with Gasteiger partial charge in [0.05, 0.1) is 26.1 Å². The molecule has 0 radical (unpaired) electrons. The zero-order valence-electron chi connectivity index (χ0n) is 16.1. The van der Waals surface area contributed by atoms with Gasteiger partial charge in [-0.15, -0.1) is 0 Å². The van der Waals surface area contributed by atoms with Crippen LogP contribution in [-0.4, -0.2) is 38.6 Å². The Labute approximate surface area is 164 Å². The third-order valence-corrected chi connectivity index (χ3v) is 4.20. The van der Waals surface area contributed by atoms with Crippen molar-refractivity contribution >= 4 is 23.2 Å². The maximum atomic E-state index is 12.3. The fourth-order valence-corrected chi connectivity index (χ4v) is 2.68. The van der Waals surface area contributed by atoms with Gasteiger partial charge in [0, 0.05) is 17.4 Å². The highest BCUT2D eigenvalue weighted by molar-refractivity contribution is 5.93. The number of carbonyl (C=O) groups excluding carboxylic acids is 2. The van der Waals surface area contributed by atoms with E-state index in [0.29, 0.717) is 30.1 Å². The molecule has 1 atom stereocenters. The van der Waals surface area contributed by atoms with E-state index in [1.165, 1.54) is 0 Å². The molecule has 0 bridgehead atoms. The van der Waals surface area contributed by atoms with E-state index in [2.05, 4.69) is 16.7 Å². The minimum atomic E-state index is -0.168. The van der Waals surface area contributed by atoms with E-state index in [0.717, 1.165) is 10.5 Å². The number of ether oxygens (including phenoxy) is 1. The molecule has 2 aromatic rings. The third kappa shape index (κ3) is 6.74. The Kier molecular flexibility index (Phi) is 8.00. The number of nitrogens with one attached hydrogen (secondary N) is 3. The molecule has 146 valence electrons. The van der Waals surface area contributed by atoms with Crippen LogP contribution in [0, 0.1) is 11.3 Å². The van der Waals surface area contributed by atoms with Crippen molar-refractivity contribution in [1.29, 1.82) is 5.26 Å². The summed E-state index contributed by atoms with van der Waals surface area (Å²) in [4.78, 5) is 25.4. The lowest BCUT2D eigenvalue weighted by Crippen LogP contribution is -3.13. The summed E-state index contributed by atoms with van der Waals surface area (Å²) in [5, 5.41) is 14.3. The number of benzene rings is 2. The second-order valence-corrected chi connectivity index (χ2v) is 6.32. The summed E-state index contributed by atoms with van der Waals surface area (Å²) < 4.78 is 5.14. The molecule has 0 aromatic heterocycles. The molecule has 0 aliphatic rings. The summed E-state index contributed by atoms with van der Waals surface area (Å²) in [7, 11) is 1.57. The molecule has 2 amide bonds. The van der Waals surface area contributed by atoms with Crippen molar-refractivity contribution in [3.05, 3.63) is 54.1 Å². The van der Waals surface area contributed by atoms with Gasteiger partial charge in [0.1, 0.15) is 5.75 Å². The molecule has 7 nitrogen and oxygen atoms in total. The van der Waals surface area contributed by atoms with E-state index in [9.17, 15) is 9.59 Å². The van der Waals surface area contributed by atoms with Crippen LogP contribution < -0.4 is 20.3 Å². The number of hydrogen-bond acceptors (Lipinski definition) is 4. The van der Waals surface area contributed by atoms with E-state index >= 15 is 0 Å². The fraction of sp³-hybridized carbons (Fsp3) is 0.286. The number of quaternary nitrogens is 1. The monoisotopic (exact) mass is 381 g/mol. The van der Waals surface area contributed by atoms with Crippen molar-refractivity contribution in [2.45, 2.75) is 13.3 Å². The summed E-state index contributed by atoms with van der Waals surface area (Å²) >= 11 is 0. The molecule has 0 heterocycles. The number of methoxy groups -OCH3 is 1. The highest BCUT2D eigenvalue weighted by Gasteiger charge is 2.17. The van der Waals surface area contributed by atoms with E-state index in [1.54, 1.807) is 43.5 Å². The van der Waals surface area contributed by atoms with Gasteiger partial charge in [-0.05, 0) is 36.8 Å². The van der Waals surface area contributed by atoms with Crippen molar-refractivity contribution in [3.8, 4) is 11.8 Å². The van der Waals surface area contributed by atoms with Gasteiger partial charge in [-0.1, -0.05) is 18.2 Å². The van der Waals surface area contributed by atoms with Crippen molar-refractivity contribution in [1.82, 2.24) is 0 Å². The van der Waals surface area contributed by atoms with Crippen LogP contribution in [0.4, 0.5) is 11.4 Å². The van der Waals surface area contributed by atoms with Crippen LogP contribution in [0.5, 0.6) is 5.75 Å². The lowest BCUT2D eigenvalue weighted by atomic mass is 10.1. The molecule has 2 aromatic carbocycles. The van der Waals surface area contributed by atoms with Crippen LogP contribution in [-0.2, 0) is 16.0 Å². The number of carbonyl (C=O) groups is 2. The Morgan fingerprint density at radius 2 is 1.68 bits per heavy atom. The lowest BCUT2D eigenvalue weighted by molar-refractivity contribution is -0.881. The molecule has 0 aliphatic carbocycles. The normalized spacial score (nSPS) is 11.2. The van der Waals surface area contributed by atoms with Crippen LogP contribution in [0.2, 0.25) is 0 Å². The summed E-state index contributed by atoms with van der Waals surface area (Å²) in [6.45, 7) is 2.93. The average Bonchev–Trinajstić information content (AvgIpc) is 2.69. The summed E-state index contributed by atoms with van der Waals surface area (Å²) in [5.74, 6) is 0.329. The number of amides is 2. The van der Waals surface area contributed by atoms with Gasteiger partial charge in [0.25, 0.3) is 11.8 Å². The minimum absolute atomic E-state index is 0.168. The fourth-order valence-electron chi connectivity index (χ4n) is 2.68. The van der Waals surface area contributed by atoms with Gasteiger partial charge in [-0.2, -0.15) is 5.26 Å². The first-order valence-corrected chi connectivity index (χ1v) is 9.07. The number of nitrogens with zero attached hydrogens (tertiary/aromatic N) is 1. The zero-order chi connectivity index (χ0) is 20.4. The van der Waals surface area contributed by atoms with Crippen LogP contribution in [0.25, 0.3) is 0 Å². The molecule has 0 saturated heterocycles. The highest BCUT2D eigenvalue weighted by atomic mass is 16.5. The Hall–Kier alpha value is -3.37. The predicted molar refractivity (Wildman–Crippen MR) is 107 cm³/mol. The van der Waals surface area contributed by atoms with E-state index in [-0.39, 0.29) is 24.9 Å². The van der Waals surface area contributed by atoms with E-state index < -0.39 is 0 Å².